The highest BCUT2D eigenvalue weighted by Gasteiger charge is 2.36. The van der Waals surface area contributed by atoms with Crippen molar-refractivity contribution in [3.8, 4) is 0 Å². The molecule has 1 rings (SSSR count). The number of ether oxygens (including phenoxy) is 1. The van der Waals surface area contributed by atoms with Gasteiger partial charge >= 0.3 is 0 Å². The molecule has 1 heterocycles. The van der Waals surface area contributed by atoms with Gasteiger partial charge in [-0.1, -0.05) is 18.2 Å². The molecular formula is C10H19NO3S. The van der Waals surface area contributed by atoms with Crippen LogP contribution in [0.4, 0.5) is 0 Å². The van der Waals surface area contributed by atoms with E-state index in [9.17, 15) is 4.79 Å². The van der Waals surface area contributed by atoms with E-state index in [4.69, 9.17) is 9.84 Å². The van der Waals surface area contributed by atoms with E-state index in [1.165, 1.54) is 11.8 Å². The van der Waals surface area contributed by atoms with E-state index in [1.54, 1.807) is 0 Å². The summed E-state index contributed by atoms with van der Waals surface area (Å²) in [6.45, 7) is 1.02. The number of aliphatic hydroxyl groups excluding tert-OH is 1. The fourth-order valence-electron chi connectivity index (χ4n) is 1.25. The van der Waals surface area contributed by atoms with Crippen molar-refractivity contribution < 1.29 is 14.6 Å². The standard InChI is InChI=1S/C10H19NO3S/c1-11-6-4-2-3-5-9(12)15-7-8-10(13)14-8/h8,10-11,13H,2-7H2,1H3. The second kappa shape index (κ2) is 7.22. The highest BCUT2D eigenvalue weighted by Crippen LogP contribution is 2.24. The van der Waals surface area contributed by atoms with E-state index < -0.39 is 6.29 Å². The molecule has 0 spiro atoms. The molecule has 0 aromatic rings. The molecule has 1 fully saturated rings. The average Bonchev–Trinajstić information content (AvgIpc) is 2.91. The van der Waals surface area contributed by atoms with Gasteiger partial charge in [0.05, 0.1) is 0 Å². The average molecular weight is 233 g/mol. The van der Waals surface area contributed by atoms with Crippen molar-refractivity contribution in [1.82, 2.24) is 5.32 Å². The van der Waals surface area contributed by atoms with Crippen LogP contribution in [0.2, 0.25) is 0 Å². The molecule has 0 aliphatic carbocycles. The molecular weight excluding hydrogens is 214 g/mol. The number of thioether (sulfide) groups is 1. The van der Waals surface area contributed by atoms with Crippen LogP contribution in [0, 0.1) is 0 Å². The topological polar surface area (TPSA) is 61.9 Å². The first kappa shape index (κ1) is 13.0. The molecule has 2 atom stereocenters. The molecule has 4 nitrogen and oxygen atoms in total. The van der Waals surface area contributed by atoms with Crippen LogP contribution in [0.25, 0.3) is 0 Å². The van der Waals surface area contributed by atoms with E-state index in [-0.39, 0.29) is 11.2 Å². The molecule has 0 amide bonds. The summed E-state index contributed by atoms with van der Waals surface area (Å²) in [5.41, 5.74) is 0. The molecule has 1 saturated heterocycles. The highest BCUT2D eigenvalue weighted by atomic mass is 32.2. The van der Waals surface area contributed by atoms with Crippen molar-refractivity contribution >= 4 is 16.9 Å². The molecule has 88 valence electrons. The summed E-state index contributed by atoms with van der Waals surface area (Å²) in [6.07, 6.45) is 3.08. The van der Waals surface area contributed by atoms with Crippen LogP contribution in [0.15, 0.2) is 0 Å². The third-order valence-corrected chi connectivity index (χ3v) is 3.29. The Labute approximate surface area is 94.8 Å². The van der Waals surface area contributed by atoms with Crippen molar-refractivity contribution in [1.29, 1.82) is 0 Å². The summed E-state index contributed by atoms with van der Waals surface area (Å²) in [7, 11) is 1.93. The van der Waals surface area contributed by atoms with Crippen LogP contribution in [-0.2, 0) is 9.53 Å². The summed E-state index contributed by atoms with van der Waals surface area (Å²) in [5, 5.41) is 12.1. The smallest absolute Gasteiger partial charge is 0.189 e. The first-order valence-electron chi connectivity index (χ1n) is 5.38. The van der Waals surface area contributed by atoms with Gasteiger partial charge in [0, 0.05) is 12.2 Å². The number of unbranched alkanes of at least 4 members (excludes halogenated alkanes) is 2. The number of hydrogen-bond donors (Lipinski definition) is 2. The van der Waals surface area contributed by atoms with Gasteiger partial charge in [0.15, 0.2) is 11.4 Å². The molecule has 0 aromatic carbocycles. The predicted octanol–water partition coefficient (Wildman–Crippen LogP) is 0.743. The summed E-state index contributed by atoms with van der Waals surface area (Å²) >= 11 is 1.28. The number of epoxide rings is 1. The number of carbonyl (C=O) groups is 1. The zero-order valence-corrected chi connectivity index (χ0v) is 9.89. The summed E-state index contributed by atoms with van der Waals surface area (Å²) in [6, 6.07) is 0. The largest absolute Gasteiger partial charge is 0.366 e. The molecule has 5 heteroatoms. The molecule has 0 bridgehead atoms. The monoisotopic (exact) mass is 233 g/mol. The summed E-state index contributed by atoms with van der Waals surface area (Å²) in [4.78, 5) is 11.3. The maximum absolute atomic E-state index is 11.3. The summed E-state index contributed by atoms with van der Waals surface area (Å²) in [5.74, 6) is 0.594. The number of rotatable bonds is 8. The van der Waals surface area contributed by atoms with E-state index in [0.717, 1.165) is 25.8 Å². The van der Waals surface area contributed by atoms with E-state index in [1.807, 2.05) is 7.05 Å². The van der Waals surface area contributed by atoms with Crippen molar-refractivity contribution in [2.75, 3.05) is 19.3 Å². The Balaban J connectivity index is 1.85. The van der Waals surface area contributed by atoms with E-state index in [2.05, 4.69) is 5.32 Å². The van der Waals surface area contributed by atoms with Gasteiger partial charge in [-0.15, -0.1) is 0 Å². The number of carbonyl (C=O) groups excluding carboxylic acids is 1. The Bertz CT molecular complexity index is 201. The first-order chi connectivity index (χ1) is 7.24. The zero-order valence-electron chi connectivity index (χ0n) is 9.07. The maximum Gasteiger partial charge on any atom is 0.189 e. The summed E-state index contributed by atoms with van der Waals surface area (Å²) < 4.78 is 4.80. The van der Waals surface area contributed by atoms with Gasteiger partial charge in [-0.05, 0) is 26.4 Å². The fourth-order valence-corrected chi connectivity index (χ4v) is 2.13. The molecule has 0 aromatic heterocycles. The minimum Gasteiger partial charge on any atom is -0.366 e. The Morgan fingerprint density at radius 1 is 1.47 bits per heavy atom. The minimum atomic E-state index is -0.624. The van der Waals surface area contributed by atoms with Crippen LogP contribution < -0.4 is 5.32 Å². The lowest BCUT2D eigenvalue weighted by Crippen LogP contribution is -2.07. The quantitative estimate of drug-likeness (QED) is 0.478. The Kier molecular flexibility index (Phi) is 6.24. The van der Waals surface area contributed by atoms with Crippen LogP contribution in [0.5, 0.6) is 0 Å². The molecule has 1 aliphatic rings. The number of aliphatic hydroxyl groups is 1. The van der Waals surface area contributed by atoms with Gasteiger partial charge in [-0.3, -0.25) is 4.79 Å². The third-order valence-electron chi connectivity index (χ3n) is 2.27. The second-order valence-electron chi connectivity index (χ2n) is 3.66. The Morgan fingerprint density at radius 2 is 2.20 bits per heavy atom. The van der Waals surface area contributed by atoms with Crippen molar-refractivity contribution in [2.45, 2.75) is 38.1 Å². The molecule has 15 heavy (non-hydrogen) atoms. The lowest BCUT2D eigenvalue weighted by Gasteiger charge is -2.00. The minimum absolute atomic E-state index is 0.108. The van der Waals surface area contributed by atoms with Crippen LogP contribution >= 0.6 is 11.8 Å². The van der Waals surface area contributed by atoms with Gasteiger partial charge in [0.1, 0.15) is 6.10 Å². The lowest BCUT2D eigenvalue weighted by molar-refractivity contribution is -0.111. The fraction of sp³-hybridized carbons (Fsp3) is 0.900. The van der Waals surface area contributed by atoms with Gasteiger partial charge in [-0.2, -0.15) is 0 Å². The predicted molar refractivity (Wildman–Crippen MR) is 60.7 cm³/mol. The number of hydrogen-bond acceptors (Lipinski definition) is 5. The first-order valence-corrected chi connectivity index (χ1v) is 6.36. The van der Waals surface area contributed by atoms with Gasteiger partial charge in [0.2, 0.25) is 0 Å². The SMILES string of the molecule is CNCCCCCC(=O)SCC1OC1O. The number of nitrogens with one attached hydrogen (secondary N) is 1. The third kappa shape index (κ3) is 6.14. The van der Waals surface area contributed by atoms with Gasteiger partial charge < -0.3 is 15.2 Å². The molecule has 2 N–H and O–H groups in total. The zero-order chi connectivity index (χ0) is 11.1. The molecule has 0 saturated carbocycles. The van der Waals surface area contributed by atoms with Crippen LogP contribution in [0.3, 0.4) is 0 Å². The Morgan fingerprint density at radius 3 is 2.80 bits per heavy atom. The van der Waals surface area contributed by atoms with Crippen LogP contribution in [0.1, 0.15) is 25.7 Å². The van der Waals surface area contributed by atoms with E-state index in [0.29, 0.717) is 12.2 Å². The highest BCUT2D eigenvalue weighted by molar-refractivity contribution is 8.13. The van der Waals surface area contributed by atoms with Crippen molar-refractivity contribution in [2.24, 2.45) is 0 Å². The molecule has 0 radical (unpaired) electrons. The van der Waals surface area contributed by atoms with Gasteiger partial charge in [-0.25, -0.2) is 0 Å². The molecule has 1 aliphatic heterocycles. The molecule has 2 unspecified atom stereocenters. The second-order valence-corrected chi connectivity index (χ2v) is 4.74. The van der Waals surface area contributed by atoms with Crippen LogP contribution in [-0.4, -0.2) is 42.0 Å². The van der Waals surface area contributed by atoms with Crippen molar-refractivity contribution in [3.05, 3.63) is 0 Å². The lowest BCUT2D eigenvalue weighted by atomic mass is 10.2. The Hall–Kier alpha value is -0.100. The van der Waals surface area contributed by atoms with E-state index >= 15 is 0 Å². The maximum atomic E-state index is 11.3. The van der Waals surface area contributed by atoms with Crippen molar-refractivity contribution in [3.63, 3.8) is 0 Å². The normalized spacial score (nSPS) is 24.1. The van der Waals surface area contributed by atoms with Gasteiger partial charge in [0.25, 0.3) is 0 Å².